The van der Waals surface area contributed by atoms with Crippen molar-refractivity contribution in [3.63, 3.8) is 0 Å². The van der Waals surface area contributed by atoms with Crippen LogP contribution in [0.3, 0.4) is 0 Å². The van der Waals surface area contributed by atoms with Crippen molar-refractivity contribution in [3.8, 4) is 0 Å². The van der Waals surface area contributed by atoms with Crippen LogP contribution >= 0.6 is 0 Å². The monoisotopic (exact) mass is 393 g/mol. The van der Waals surface area contributed by atoms with Gasteiger partial charge in [-0.05, 0) is 63.5 Å². The summed E-state index contributed by atoms with van der Waals surface area (Å²) in [6, 6.07) is 10.5. The third-order valence-corrected chi connectivity index (χ3v) is 5.96. The Labute approximate surface area is 169 Å². The topological polar surface area (TPSA) is 86.9 Å². The van der Waals surface area contributed by atoms with E-state index in [1.54, 1.807) is 0 Å². The molecule has 2 bridgehead atoms. The van der Waals surface area contributed by atoms with Crippen molar-refractivity contribution in [2.24, 2.45) is 5.92 Å². The van der Waals surface area contributed by atoms with E-state index in [1.807, 2.05) is 37.8 Å². The summed E-state index contributed by atoms with van der Waals surface area (Å²) in [5, 5.41) is 9.99. The largest absolute Gasteiger partial charge is 0.444 e. The van der Waals surface area contributed by atoms with Gasteiger partial charge in [-0.1, -0.05) is 18.2 Å². The minimum Gasteiger partial charge on any atom is -0.444 e. The van der Waals surface area contributed by atoms with Gasteiger partial charge in [-0.2, -0.15) is 0 Å². The van der Waals surface area contributed by atoms with Crippen LogP contribution in [-0.4, -0.2) is 42.8 Å². The van der Waals surface area contributed by atoms with Crippen LogP contribution in [0.25, 0.3) is 10.9 Å². The zero-order valence-electron chi connectivity index (χ0n) is 17.1. The van der Waals surface area contributed by atoms with Gasteiger partial charge in [0.1, 0.15) is 11.4 Å². The quantitative estimate of drug-likeness (QED) is 0.693. The standard InChI is InChI=1S/C22H27N5O2/c1-22(2,3)29-21(28)27-16-9-8-14(11-16)19(27)20-24-18(25-26-20)12-15-10-13-6-4-5-7-17(13)23-15/h4-7,10,14,16,19,23H,8-9,11-12H2,1-3H3,(H,24,25,26)/t14-,16+,19-/m0/s1. The highest BCUT2D eigenvalue weighted by atomic mass is 16.6. The fourth-order valence-corrected chi connectivity index (χ4v) is 4.85. The highest BCUT2D eigenvalue weighted by Crippen LogP contribution is 2.49. The van der Waals surface area contributed by atoms with E-state index in [4.69, 9.17) is 4.74 Å². The molecular weight excluding hydrogens is 366 g/mol. The summed E-state index contributed by atoms with van der Waals surface area (Å²) in [6.07, 6.45) is 3.57. The summed E-state index contributed by atoms with van der Waals surface area (Å²) in [4.78, 5) is 21.6. The molecule has 0 unspecified atom stereocenters. The van der Waals surface area contributed by atoms with Gasteiger partial charge in [-0.3, -0.25) is 4.90 Å². The van der Waals surface area contributed by atoms with Crippen LogP contribution in [-0.2, 0) is 11.2 Å². The van der Waals surface area contributed by atoms with Crippen molar-refractivity contribution < 1.29 is 9.53 Å². The number of carbonyl (C=O) groups excluding carboxylic acids is 1. The minimum absolute atomic E-state index is 0.0763. The first-order valence-electron chi connectivity index (χ1n) is 10.4. The lowest BCUT2D eigenvalue weighted by atomic mass is 9.98. The average molecular weight is 393 g/mol. The lowest BCUT2D eigenvalue weighted by molar-refractivity contribution is 0.00614. The van der Waals surface area contributed by atoms with Crippen LogP contribution in [0.5, 0.6) is 0 Å². The maximum Gasteiger partial charge on any atom is 0.411 e. The summed E-state index contributed by atoms with van der Waals surface area (Å²) >= 11 is 0. The van der Waals surface area contributed by atoms with Crippen LogP contribution in [0.15, 0.2) is 30.3 Å². The zero-order chi connectivity index (χ0) is 20.2. The Bertz CT molecular complexity index is 1010. The highest BCUT2D eigenvalue weighted by molar-refractivity contribution is 5.80. The molecule has 3 heterocycles. The van der Waals surface area contributed by atoms with Gasteiger partial charge in [0.2, 0.25) is 0 Å². The number of hydrogen-bond donors (Lipinski definition) is 2. The third kappa shape index (κ3) is 3.39. The number of aromatic nitrogens is 4. The Morgan fingerprint density at radius 3 is 2.83 bits per heavy atom. The number of fused-ring (bicyclic) bond motifs is 3. The molecule has 7 nitrogen and oxygen atoms in total. The van der Waals surface area contributed by atoms with Gasteiger partial charge in [0, 0.05) is 23.7 Å². The molecule has 29 heavy (non-hydrogen) atoms. The Kier molecular flexibility index (Phi) is 4.15. The van der Waals surface area contributed by atoms with E-state index < -0.39 is 5.60 Å². The van der Waals surface area contributed by atoms with E-state index in [2.05, 4.69) is 38.4 Å². The number of para-hydroxylation sites is 1. The first kappa shape index (κ1) is 18.2. The third-order valence-electron chi connectivity index (χ3n) is 5.96. The number of benzene rings is 1. The number of amides is 1. The summed E-state index contributed by atoms with van der Waals surface area (Å²) in [5.41, 5.74) is 1.70. The molecule has 1 saturated heterocycles. The molecule has 2 fully saturated rings. The molecule has 152 valence electrons. The molecular formula is C22H27N5O2. The molecule has 0 spiro atoms. The molecule has 3 aromatic rings. The number of ether oxygens (including phenoxy) is 1. The van der Waals surface area contributed by atoms with Crippen molar-refractivity contribution in [3.05, 3.63) is 47.7 Å². The summed E-state index contributed by atoms with van der Waals surface area (Å²) in [7, 11) is 0. The summed E-state index contributed by atoms with van der Waals surface area (Å²) in [6.45, 7) is 5.71. The minimum atomic E-state index is -0.508. The Morgan fingerprint density at radius 1 is 1.21 bits per heavy atom. The number of hydrogen-bond acceptors (Lipinski definition) is 4. The van der Waals surface area contributed by atoms with E-state index in [0.29, 0.717) is 12.3 Å². The van der Waals surface area contributed by atoms with Crippen molar-refractivity contribution in [1.29, 1.82) is 0 Å². The van der Waals surface area contributed by atoms with Crippen LogP contribution in [0.4, 0.5) is 4.79 Å². The average Bonchev–Trinajstić information content (AvgIpc) is 3.42. The van der Waals surface area contributed by atoms with Crippen LogP contribution in [0.1, 0.15) is 63.4 Å². The van der Waals surface area contributed by atoms with Crippen molar-refractivity contribution in [2.45, 2.75) is 64.1 Å². The van der Waals surface area contributed by atoms with E-state index >= 15 is 0 Å². The maximum atomic E-state index is 12.9. The fraction of sp³-hybridized carbons (Fsp3) is 0.500. The van der Waals surface area contributed by atoms with Crippen molar-refractivity contribution in [2.75, 3.05) is 0 Å². The normalized spacial score (nSPS) is 23.8. The van der Waals surface area contributed by atoms with Crippen LogP contribution in [0.2, 0.25) is 0 Å². The second kappa shape index (κ2) is 6.61. The van der Waals surface area contributed by atoms with Gasteiger partial charge < -0.3 is 14.7 Å². The van der Waals surface area contributed by atoms with Gasteiger partial charge in [0.05, 0.1) is 6.04 Å². The van der Waals surface area contributed by atoms with Gasteiger partial charge in [-0.25, -0.2) is 4.79 Å². The summed E-state index contributed by atoms with van der Waals surface area (Å²) in [5.74, 6) is 1.99. The lowest BCUT2D eigenvalue weighted by Crippen LogP contribution is -2.43. The SMILES string of the molecule is CC(C)(C)OC(=O)N1[C@@H]2CC[C@@H](C2)[C@H]1c1nnc(Cc2cc3ccccc3[nH]2)[nH]1. The van der Waals surface area contributed by atoms with Gasteiger partial charge in [0.15, 0.2) is 5.82 Å². The number of nitrogens with zero attached hydrogens (tertiary/aromatic N) is 3. The van der Waals surface area contributed by atoms with E-state index in [9.17, 15) is 4.79 Å². The number of likely N-dealkylation sites (tertiary alicyclic amines) is 1. The second-order valence-electron chi connectivity index (χ2n) is 9.27. The Hall–Kier alpha value is -2.83. The highest BCUT2D eigenvalue weighted by Gasteiger charge is 2.51. The van der Waals surface area contributed by atoms with Crippen molar-refractivity contribution >= 4 is 17.0 Å². The van der Waals surface area contributed by atoms with Crippen LogP contribution in [0, 0.1) is 5.92 Å². The molecule has 2 N–H and O–H groups in total. The summed E-state index contributed by atoms with van der Waals surface area (Å²) < 4.78 is 5.68. The molecule has 3 atom stereocenters. The Morgan fingerprint density at radius 2 is 2.03 bits per heavy atom. The molecule has 1 saturated carbocycles. The second-order valence-corrected chi connectivity index (χ2v) is 9.27. The molecule has 1 aromatic carbocycles. The van der Waals surface area contributed by atoms with E-state index in [0.717, 1.165) is 42.1 Å². The van der Waals surface area contributed by atoms with E-state index in [-0.39, 0.29) is 18.2 Å². The predicted molar refractivity (Wildman–Crippen MR) is 109 cm³/mol. The zero-order valence-corrected chi connectivity index (χ0v) is 17.1. The molecule has 2 aromatic heterocycles. The maximum absolute atomic E-state index is 12.9. The molecule has 2 aliphatic rings. The van der Waals surface area contributed by atoms with Gasteiger partial charge >= 0.3 is 6.09 Å². The number of rotatable bonds is 3. The molecule has 1 aliphatic carbocycles. The number of nitrogens with one attached hydrogen (secondary N) is 2. The molecule has 1 amide bonds. The first-order valence-corrected chi connectivity index (χ1v) is 10.4. The predicted octanol–water partition coefficient (Wildman–Crippen LogP) is 4.34. The number of carbonyl (C=O) groups is 1. The Balaban J connectivity index is 1.37. The molecule has 7 heteroatoms. The molecule has 1 aliphatic heterocycles. The van der Waals surface area contributed by atoms with Gasteiger partial charge in [-0.15, -0.1) is 10.2 Å². The molecule has 0 radical (unpaired) electrons. The fourth-order valence-electron chi connectivity index (χ4n) is 4.85. The molecule has 5 rings (SSSR count). The smallest absolute Gasteiger partial charge is 0.411 e. The van der Waals surface area contributed by atoms with Crippen molar-refractivity contribution in [1.82, 2.24) is 25.1 Å². The van der Waals surface area contributed by atoms with Crippen LogP contribution < -0.4 is 0 Å². The first-order chi connectivity index (χ1) is 13.9. The van der Waals surface area contributed by atoms with Gasteiger partial charge in [0.25, 0.3) is 0 Å². The lowest BCUT2D eigenvalue weighted by Gasteiger charge is -2.35. The number of piperidine rings is 1. The number of H-pyrrole nitrogens is 2. The number of aromatic amines is 2. The van der Waals surface area contributed by atoms with E-state index in [1.165, 1.54) is 5.39 Å².